The number of carbonyl (C=O) groups excluding carboxylic acids is 1. The fourth-order valence-electron chi connectivity index (χ4n) is 2.36. The third-order valence-electron chi connectivity index (χ3n) is 3.69. The Labute approximate surface area is 111 Å². The second-order valence-electron chi connectivity index (χ2n) is 5.81. The molecule has 1 rings (SSSR count). The molecule has 1 fully saturated rings. The molecule has 0 aliphatic carbocycles. The molecule has 4 heteroatoms. The topological polar surface area (TPSA) is 53.2 Å². The summed E-state index contributed by atoms with van der Waals surface area (Å²) in [6.45, 7) is 8.88. The highest BCUT2D eigenvalue weighted by atomic mass is 16.2. The first-order valence-electron chi connectivity index (χ1n) is 7.31. The average molecular weight is 255 g/mol. The average Bonchev–Trinajstić information content (AvgIpc) is 2.75. The number of unbranched alkanes of at least 4 members (excludes halogenated alkanes) is 2. The Kier molecular flexibility index (Phi) is 6.65. The quantitative estimate of drug-likeness (QED) is 0.575. The zero-order valence-corrected chi connectivity index (χ0v) is 12.1. The molecule has 4 nitrogen and oxygen atoms in total. The van der Waals surface area contributed by atoms with Gasteiger partial charge in [0, 0.05) is 18.1 Å². The third kappa shape index (κ3) is 5.83. The van der Waals surface area contributed by atoms with Gasteiger partial charge in [0.25, 0.3) is 0 Å². The standard InChI is InChI=1S/C14H29N3O/c1-4-5-6-7-12(2)17-13(18)10-16-14(3)8-9-15-11-14/h12,15-16H,4-11H2,1-3H3,(H,17,18). The van der Waals surface area contributed by atoms with Gasteiger partial charge in [-0.2, -0.15) is 0 Å². The molecule has 1 saturated heterocycles. The highest BCUT2D eigenvalue weighted by Gasteiger charge is 2.28. The monoisotopic (exact) mass is 255 g/mol. The molecule has 106 valence electrons. The first kappa shape index (κ1) is 15.4. The van der Waals surface area contributed by atoms with Crippen LogP contribution in [-0.2, 0) is 4.79 Å². The highest BCUT2D eigenvalue weighted by Crippen LogP contribution is 2.12. The maximum absolute atomic E-state index is 11.8. The van der Waals surface area contributed by atoms with Crippen LogP contribution in [0, 0.1) is 0 Å². The predicted molar refractivity (Wildman–Crippen MR) is 75.6 cm³/mol. The molecular weight excluding hydrogens is 226 g/mol. The van der Waals surface area contributed by atoms with E-state index in [0.29, 0.717) is 12.6 Å². The van der Waals surface area contributed by atoms with Gasteiger partial charge in [-0.1, -0.05) is 26.2 Å². The molecule has 1 heterocycles. The number of nitrogens with one attached hydrogen (secondary N) is 3. The fraction of sp³-hybridized carbons (Fsp3) is 0.929. The second kappa shape index (κ2) is 7.74. The van der Waals surface area contributed by atoms with Crippen molar-refractivity contribution >= 4 is 5.91 Å². The summed E-state index contributed by atoms with van der Waals surface area (Å²) in [5, 5.41) is 9.73. The van der Waals surface area contributed by atoms with E-state index in [0.717, 1.165) is 25.9 Å². The lowest BCUT2D eigenvalue weighted by Crippen LogP contribution is -2.49. The summed E-state index contributed by atoms with van der Waals surface area (Å²) in [6, 6.07) is 0.292. The summed E-state index contributed by atoms with van der Waals surface area (Å²) in [5.74, 6) is 0.118. The molecule has 3 N–H and O–H groups in total. The molecule has 2 atom stereocenters. The minimum absolute atomic E-state index is 0.0861. The van der Waals surface area contributed by atoms with Crippen molar-refractivity contribution < 1.29 is 4.79 Å². The normalized spacial score (nSPS) is 25.1. The van der Waals surface area contributed by atoms with E-state index in [9.17, 15) is 4.79 Å². The minimum atomic E-state index is 0.0861. The van der Waals surface area contributed by atoms with Gasteiger partial charge < -0.3 is 16.0 Å². The lowest BCUT2D eigenvalue weighted by atomic mass is 10.0. The van der Waals surface area contributed by atoms with Gasteiger partial charge in [-0.15, -0.1) is 0 Å². The highest BCUT2D eigenvalue weighted by molar-refractivity contribution is 5.78. The number of rotatable bonds is 8. The molecule has 18 heavy (non-hydrogen) atoms. The van der Waals surface area contributed by atoms with Crippen molar-refractivity contribution in [3.63, 3.8) is 0 Å². The lowest BCUT2D eigenvalue weighted by molar-refractivity contribution is -0.121. The SMILES string of the molecule is CCCCCC(C)NC(=O)CNC1(C)CCNC1. The number of amides is 1. The van der Waals surface area contributed by atoms with Gasteiger partial charge in [0.1, 0.15) is 0 Å². The predicted octanol–water partition coefficient (Wildman–Crippen LogP) is 1.41. The molecule has 0 aromatic rings. The van der Waals surface area contributed by atoms with E-state index in [1.54, 1.807) is 0 Å². The lowest BCUT2D eigenvalue weighted by Gasteiger charge is -2.24. The van der Waals surface area contributed by atoms with Crippen molar-refractivity contribution in [2.24, 2.45) is 0 Å². The molecule has 0 radical (unpaired) electrons. The van der Waals surface area contributed by atoms with Crippen molar-refractivity contribution in [3.05, 3.63) is 0 Å². The van der Waals surface area contributed by atoms with Crippen LogP contribution in [0.1, 0.15) is 52.9 Å². The maximum Gasteiger partial charge on any atom is 0.234 e. The van der Waals surface area contributed by atoms with E-state index in [2.05, 4.69) is 36.7 Å². The molecule has 0 aromatic heterocycles. The molecule has 1 amide bonds. The Hall–Kier alpha value is -0.610. The van der Waals surface area contributed by atoms with Crippen LogP contribution in [0.25, 0.3) is 0 Å². The van der Waals surface area contributed by atoms with Crippen LogP contribution in [0.5, 0.6) is 0 Å². The van der Waals surface area contributed by atoms with Gasteiger partial charge in [-0.25, -0.2) is 0 Å². The zero-order chi connectivity index (χ0) is 13.4. The molecule has 0 saturated carbocycles. The van der Waals surface area contributed by atoms with Gasteiger partial charge in [0.2, 0.25) is 5.91 Å². The fourth-order valence-corrected chi connectivity index (χ4v) is 2.36. The first-order chi connectivity index (χ1) is 8.56. The van der Waals surface area contributed by atoms with Crippen molar-refractivity contribution in [3.8, 4) is 0 Å². The van der Waals surface area contributed by atoms with Crippen LogP contribution >= 0.6 is 0 Å². The molecule has 1 aliphatic rings. The van der Waals surface area contributed by atoms with Crippen molar-refractivity contribution in [2.45, 2.75) is 64.5 Å². The van der Waals surface area contributed by atoms with Crippen LogP contribution in [-0.4, -0.2) is 37.1 Å². The molecule has 2 unspecified atom stereocenters. The first-order valence-corrected chi connectivity index (χ1v) is 7.31. The van der Waals surface area contributed by atoms with E-state index in [-0.39, 0.29) is 11.4 Å². The number of carbonyl (C=O) groups is 1. The largest absolute Gasteiger partial charge is 0.353 e. The van der Waals surface area contributed by atoms with Crippen LogP contribution in [0.2, 0.25) is 0 Å². The van der Waals surface area contributed by atoms with Gasteiger partial charge in [-0.3, -0.25) is 4.79 Å². The summed E-state index contributed by atoms with van der Waals surface area (Å²) in [5.41, 5.74) is 0.0861. The Morgan fingerprint density at radius 1 is 1.44 bits per heavy atom. The Morgan fingerprint density at radius 2 is 2.22 bits per heavy atom. The van der Waals surface area contributed by atoms with Crippen LogP contribution < -0.4 is 16.0 Å². The summed E-state index contributed by atoms with van der Waals surface area (Å²) >= 11 is 0. The Morgan fingerprint density at radius 3 is 2.83 bits per heavy atom. The van der Waals surface area contributed by atoms with Gasteiger partial charge in [-0.05, 0) is 33.2 Å². The number of hydrogen-bond acceptors (Lipinski definition) is 3. The summed E-state index contributed by atoms with van der Waals surface area (Å²) in [6.07, 6.45) is 5.85. The smallest absolute Gasteiger partial charge is 0.234 e. The summed E-state index contributed by atoms with van der Waals surface area (Å²) in [4.78, 5) is 11.8. The van der Waals surface area contributed by atoms with E-state index < -0.39 is 0 Å². The Balaban J connectivity index is 2.12. The van der Waals surface area contributed by atoms with Crippen LogP contribution in [0.15, 0.2) is 0 Å². The molecular formula is C14H29N3O. The maximum atomic E-state index is 11.8. The van der Waals surface area contributed by atoms with Crippen molar-refractivity contribution in [2.75, 3.05) is 19.6 Å². The van der Waals surface area contributed by atoms with E-state index in [1.807, 2.05) is 0 Å². The minimum Gasteiger partial charge on any atom is -0.353 e. The van der Waals surface area contributed by atoms with Gasteiger partial charge in [0.05, 0.1) is 6.54 Å². The van der Waals surface area contributed by atoms with Crippen LogP contribution in [0.4, 0.5) is 0 Å². The van der Waals surface area contributed by atoms with Crippen molar-refractivity contribution in [1.82, 2.24) is 16.0 Å². The van der Waals surface area contributed by atoms with Gasteiger partial charge >= 0.3 is 0 Å². The van der Waals surface area contributed by atoms with Gasteiger partial charge in [0.15, 0.2) is 0 Å². The molecule has 0 aromatic carbocycles. The summed E-state index contributed by atoms with van der Waals surface area (Å²) < 4.78 is 0. The summed E-state index contributed by atoms with van der Waals surface area (Å²) in [7, 11) is 0. The number of hydrogen-bond donors (Lipinski definition) is 3. The van der Waals surface area contributed by atoms with E-state index in [4.69, 9.17) is 0 Å². The molecule has 0 bridgehead atoms. The zero-order valence-electron chi connectivity index (χ0n) is 12.1. The second-order valence-corrected chi connectivity index (χ2v) is 5.81. The van der Waals surface area contributed by atoms with E-state index >= 15 is 0 Å². The molecule has 0 spiro atoms. The van der Waals surface area contributed by atoms with Crippen LogP contribution in [0.3, 0.4) is 0 Å². The van der Waals surface area contributed by atoms with Crippen molar-refractivity contribution in [1.29, 1.82) is 0 Å². The Bertz CT molecular complexity index is 249. The molecule has 1 aliphatic heterocycles. The van der Waals surface area contributed by atoms with E-state index in [1.165, 1.54) is 19.3 Å². The third-order valence-corrected chi connectivity index (χ3v) is 3.69.